The maximum absolute atomic E-state index is 12.6. The number of nitrogens with one attached hydrogen (secondary N) is 2. The predicted octanol–water partition coefficient (Wildman–Crippen LogP) is 2.61. The summed E-state index contributed by atoms with van der Waals surface area (Å²) in [4.78, 5) is 17.6. The second-order valence-corrected chi connectivity index (χ2v) is 8.09. The standard InChI is InChI=1S/C18H22N4O3S/c1-4-12(2)20-14-5-8-17(19-11-14)21-26(24,25)15-6-7-16-13(9-15)10-18(23)22(16)3/h5-9,11-12,20H,4,10H2,1-3H3,(H,19,21). The van der Waals surface area contributed by atoms with Crippen LogP contribution in [0.1, 0.15) is 25.8 Å². The van der Waals surface area contributed by atoms with Crippen molar-refractivity contribution < 1.29 is 13.2 Å². The lowest BCUT2D eigenvalue weighted by Gasteiger charge is -2.14. The molecule has 3 rings (SSSR count). The average Bonchev–Trinajstić information content (AvgIpc) is 2.90. The van der Waals surface area contributed by atoms with Crippen LogP contribution in [0.4, 0.5) is 17.2 Å². The predicted molar refractivity (Wildman–Crippen MR) is 102 cm³/mol. The number of aromatic nitrogens is 1. The third-order valence-corrected chi connectivity index (χ3v) is 5.82. The number of carbonyl (C=O) groups excluding carboxylic acids is 1. The Morgan fingerprint density at radius 1 is 1.27 bits per heavy atom. The molecule has 2 N–H and O–H groups in total. The van der Waals surface area contributed by atoms with Gasteiger partial charge in [0.2, 0.25) is 5.91 Å². The highest BCUT2D eigenvalue weighted by atomic mass is 32.2. The summed E-state index contributed by atoms with van der Waals surface area (Å²) in [6.07, 6.45) is 2.79. The second-order valence-electron chi connectivity index (χ2n) is 6.41. The molecule has 0 fully saturated rings. The maximum Gasteiger partial charge on any atom is 0.263 e. The molecule has 1 unspecified atom stereocenters. The zero-order chi connectivity index (χ0) is 18.9. The number of hydrogen-bond donors (Lipinski definition) is 2. The van der Waals surface area contributed by atoms with Crippen LogP contribution < -0.4 is 14.9 Å². The van der Waals surface area contributed by atoms with E-state index in [1.165, 1.54) is 17.0 Å². The van der Waals surface area contributed by atoms with E-state index in [1.807, 2.05) is 0 Å². The van der Waals surface area contributed by atoms with E-state index < -0.39 is 10.0 Å². The van der Waals surface area contributed by atoms with E-state index in [-0.39, 0.29) is 23.0 Å². The van der Waals surface area contributed by atoms with Gasteiger partial charge in [0.1, 0.15) is 5.82 Å². The van der Waals surface area contributed by atoms with E-state index >= 15 is 0 Å². The lowest BCUT2D eigenvalue weighted by Crippen LogP contribution is -2.20. The van der Waals surface area contributed by atoms with Gasteiger partial charge in [-0.25, -0.2) is 13.4 Å². The van der Waals surface area contributed by atoms with E-state index in [0.717, 1.165) is 17.8 Å². The number of carbonyl (C=O) groups is 1. The summed E-state index contributed by atoms with van der Waals surface area (Å²) in [6, 6.07) is 8.40. The summed E-state index contributed by atoms with van der Waals surface area (Å²) in [7, 11) is -2.09. The van der Waals surface area contributed by atoms with Crippen LogP contribution in [-0.4, -0.2) is 32.4 Å². The molecule has 1 aliphatic rings. The molecular weight excluding hydrogens is 352 g/mol. The van der Waals surface area contributed by atoms with E-state index in [4.69, 9.17) is 0 Å². The monoisotopic (exact) mass is 374 g/mol. The molecule has 1 aromatic carbocycles. The number of anilines is 3. The van der Waals surface area contributed by atoms with Gasteiger partial charge in [-0.05, 0) is 49.2 Å². The van der Waals surface area contributed by atoms with Crippen LogP contribution in [-0.2, 0) is 21.2 Å². The van der Waals surface area contributed by atoms with Crippen molar-refractivity contribution >= 4 is 33.1 Å². The molecule has 26 heavy (non-hydrogen) atoms. The minimum Gasteiger partial charge on any atom is -0.381 e. The Morgan fingerprint density at radius 3 is 2.69 bits per heavy atom. The zero-order valence-corrected chi connectivity index (χ0v) is 15.8. The first-order valence-electron chi connectivity index (χ1n) is 8.45. The second kappa shape index (κ2) is 6.95. The van der Waals surface area contributed by atoms with Gasteiger partial charge in [-0.15, -0.1) is 0 Å². The van der Waals surface area contributed by atoms with Crippen molar-refractivity contribution in [2.45, 2.75) is 37.6 Å². The lowest BCUT2D eigenvalue weighted by atomic mass is 10.2. The number of likely N-dealkylation sites (N-methyl/N-ethyl adjacent to an activating group) is 1. The highest BCUT2D eigenvalue weighted by Gasteiger charge is 2.26. The van der Waals surface area contributed by atoms with Gasteiger partial charge in [0, 0.05) is 18.8 Å². The topological polar surface area (TPSA) is 91.4 Å². The van der Waals surface area contributed by atoms with Gasteiger partial charge in [-0.1, -0.05) is 6.92 Å². The molecule has 1 aromatic heterocycles. The molecule has 0 aliphatic carbocycles. The van der Waals surface area contributed by atoms with Crippen LogP contribution in [0.15, 0.2) is 41.4 Å². The number of fused-ring (bicyclic) bond motifs is 1. The first-order chi connectivity index (χ1) is 12.3. The number of rotatable bonds is 6. The quantitative estimate of drug-likeness (QED) is 0.811. The van der Waals surface area contributed by atoms with Crippen LogP contribution in [0.5, 0.6) is 0 Å². The van der Waals surface area contributed by atoms with Gasteiger partial charge >= 0.3 is 0 Å². The van der Waals surface area contributed by atoms with Crippen LogP contribution in [0.25, 0.3) is 0 Å². The van der Waals surface area contributed by atoms with Crippen LogP contribution in [0, 0.1) is 0 Å². The van der Waals surface area contributed by atoms with Crippen molar-refractivity contribution in [2.24, 2.45) is 0 Å². The van der Waals surface area contributed by atoms with Crippen LogP contribution in [0.3, 0.4) is 0 Å². The molecule has 2 aromatic rings. The largest absolute Gasteiger partial charge is 0.381 e. The van der Waals surface area contributed by atoms with Gasteiger partial charge in [-0.2, -0.15) is 0 Å². The number of sulfonamides is 1. The fourth-order valence-electron chi connectivity index (χ4n) is 2.74. The van der Waals surface area contributed by atoms with E-state index in [0.29, 0.717) is 11.6 Å². The Bertz CT molecular complexity index is 926. The lowest BCUT2D eigenvalue weighted by molar-refractivity contribution is -0.117. The van der Waals surface area contributed by atoms with E-state index in [9.17, 15) is 13.2 Å². The molecule has 0 spiro atoms. The number of hydrogen-bond acceptors (Lipinski definition) is 5. The van der Waals surface area contributed by atoms with Gasteiger partial charge in [0.05, 0.1) is 23.2 Å². The Balaban J connectivity index is 1.77. The van der Waals surface area contributed by atoms with Gasteiger partial charge in [0.15, 0.2) is 0 Å². The first kappa shape index (κ1) is 18.2. The summed E-state index contributed by atoms with van der Waals surface area (Å²) in [5.74, 6) is 0.196. The first-order valence-corrected chi connectivity index (χ1v) is 9.93. The van der Waals surface area contributed by atoms with Crippen molar-refractivity contribution in [2.75, 3.05) is 22.0 Å². The normalized spacial score (nSPS) is 14.9. The van der Waals surface area contributed by atoms with Crippen molar-refractivity contribution in [1.82, 2.24) is 4.98 Å². The Labute approximate surface area is 153 Å². The van der Waals surface area contributed by atoms with Crippen LogP contribution in [0.2, 0.25) is 0 Å². The maximum atomic E-state index is 12.6. The van der Waals surface area contributed by atoms with Crippen molar-refractivity contribution in [3.05, 3.63) is 42.1 Å². The minimum absolute atomic E-state index is 0.0476. The summed E-state index contributed by atoms with van der Waals surface area (Å²) >= 11 is 0. The third kappa shape index (κ3) is 3.65. The van der Waals surface area contributed by atoms with E-state index in [1.54, 1.807) is 31.4 Å². The fraction of sp³-hybridized carbons (Fsp3) is 0.333. The summed E-state index contributed by atoms with van der Waals surface area (Å²) in [5.41, 5.74) is 2.29. The molecule has 1 aliphatic heterocycles. The number of benzene rings is 1. The molecule has 7 nitrogen and oxygen atoms in total. The van der Waals surface area contributed by atoms with Gasteiger partial charge < -0.3 is 10.2 Å². The summed E-state index contributed by atoms with van der Waals surface area (Å²) < 4.78 is 27.7. The third-order valence-electron chi connectivity index (χ3n) is 4.47. The molecule has 0 saturated carbocycles. The molecule has 1 amide bonds. The molecule has 1 atom stereocenters. The summed E-state index contributed by atoms with van der Waals surface area (Å²) in [6.45, 7) is 4.14. The number of pyridine rings is 1. The van der Waals surface area contributed by atoms with Gasteiger partial charge in [0.25, 0.3) is 10.0 Å². The molecule has 8 heteroatoms. The molecule has 0 radical (unpaired) electrons. The minimum atomic E-state index is -3.77. The molecule has 2 heterocycles. The van der Waals surface area contributed by atoms with Crippen molar-refractivity contribution in [3.8, 4) is 0 Å². The zero-order valence-electron chi connectivity index (χ0n) is 15.0. The highest BCUT2D eigenvalue weighted by Crippen LogP contribution is 2.30. The smallest absolute Gasteiger partial charge is 0.263 e. The van der Waals surface area contributed by atoms with E-state index in [2.05, 4.69) is 28.9 Å². The average molecular weight is 374 g/mol. The molecule has 138 valence electrons. The number of nitrogens with zero attached hydrogens (tertiary/aromatic N) is 2. The van der Waals surface area contributed by atoms with Gasteiger partial charge in [-0.3, -0.25) is 9.52 Å². The number of amides is 1. The van der Waals surface area contributed by atoms with Crippen molar-refractivity contribution in [1.29, 1.82) is 0 Å². The Morgan fingerprint density at radius 2 is 2.04 bits per heavy atom. The summed E-state index contributed by atoms with van der Waals surface area (Å²) in [5, 5.41) is 3.27. The molecule has 0 saturated heterocycles. The SMILES string of the molecule is CCC(C)Nc1ccc(NS(=O)(=O)c2ccc3c(c2)CC(=O)N3C)nc1. The highest BCUT2D eigenvalue weighted by molar-refractivity contribution is 7.92. The van der Waals surface area contributed by atoms with Crippen LogP contribution >= 0.6 is 0 Å². The fourth-order valence-corrected chi connectivity index (χ4v) is 3.80. The molecular formula is C18H22N4O3S. The Kier molecular flexibility index (Phi) is 4.86. The Hall–Kier alpha value is -2.61. The van der Waals surface area contributed by atoms with Crippen molar-refractivity contribution in [3.63, 3.8) is 0 Å². The molecule has 0 bridgehead atoms.